The first kappa shape index (κ1) is 27.7. The number of anilines is 1. The van der Waals surface area contributed by atoms with E-state index in [1.165, 1.54) is 0 Å². The molecular weight excluding hydrogens is 498 g/mol. The largest absolute Gasteiger partial charge is 0.497 e. The number of rotatable bonds is 9. The summed E-state index contributed by atoms with van der Waals surface area (Å²) in [5.74, 6) is 0.663. The number of sulfonamides is 1. The predicted octanol–water partition coefficient (Wildman–Crippen LogP) is 5.53. The standard InChI is InChI=1S/C30H37N3O4S/c1-6-21-10-15-25(16-11-21)38(35,36)32-28-19-30(3,4)31-27-17-12-23(18-26(27)28)29(34)33(7-2)20-22-8-13-24(37-5)14-9-22/h8-18,28,31-32H,6-7,19-20H2,1-5H3/t28-/m0/s1. The zero-order valence-electron chi connectivity index (χ0n) is 22.7. The summed E-state index contributed by atoms with van der Waals surface area (Å²) in [6.45, 7) is 9.07. The van der Waals surface area contributed by atoms with Crippen molar-refractivity contribution in [2.24, 2.45) is 0 Å². The molecule has 1 aliphatic rings. The highest BCUT2D eigenvalue weighted by molar-refractivity contribution is 7.89. The Balaban J connectivity index is 1.61. The van der Waals surface area contributed by atoms with E-state index in [9.17, 15) is 13.2 Å². The molecule has 8 heteroatoms. The van der Waals surface area contributed by atoms with E-state index in [0.717, 1.165) is 34.5 Å². The van der Waals surface area contributed by atoms with Gasteiger partial charge in [-0.05, 0) is 92.8 Å². The zero-order valence-corrected chi connectivity index (χ0v) is 23.6. The van der Waals surface area contributed by atoms with Crippen molar-refractivity contribution in [2.45, 2.75) is 63.6 Å². The average molecular weight is 536 g/mol. The van der Waals surface area contributed by atoms with Crippen molar-refractivity contribution in [1.82, 2.24) is 9.62 Å². The van der Waals surface area contributed by atoms with Crippen LogP contribution in [0.3, 0.4) is 0 Å². The Bertz CT molecular complexity index is 1380. The fourth-order valence-corrected chi connectivity index (χ4v) is 6.07. The van der Waals surface area contributed by atoms with Crippen LogP contribution in [-0.4, -0.2) is 38.4 Å². The fraction of sp³-hybridized carbons (Fsp3) is 0.367. The Labute approximate surface area is 226 Å². The number of nitrogens with zero attached hydrogens (tertiary/aromatic N) is 1. The van der Waals surface area contributed by atoms with E-state index in [4.69, 9.17) is 4.74 Å². The Morgan fingerprint density at radius 1 is 1.03 bits per heavy atom. The summed E-state index contributed by atoms with van der Waals surface area (Å²) in [5.41, 5.74) is 3.87. The van der Waals surface area contributed by atoms with Crippen LogP contribution in [0.15, 0.2) is 71.6 Å². The highest BCUT2D eigenvalue weighted by atomic mass is 32.2. The van der Waals surface area contributed by atoms with Gasteiger partial charge in [0.25, 0.3) is 5.91 Å². The molecule has 0 unspecified atom stereocenters. The highest BCUT2D eigenvalue weighted by Crippen LogP contribution is 2.39. The number of fused-ring (bicyclic) bond motifs is 1. The van der Waals surface area contributed by atoms with Gasteiger partial charge in [-0.1, -0.05) is 31.2 Å². The van der Waals surface area contributed by atoms with Crippen LogP contribution in [0.2, 0.25) is 0 Å². The van der Waals surface area contributed by atoms with Crippen molar-refractivity contribution in [3.63, 3.8) is 0 Å². The SMILES string of the molecule is CCc1ccc(S(=O)(=O)N[C@H]2CC(C)(C)Nc3ccc(C(=O)N(CC)Cc4ccc(OC)cc4)cc32)cc1. The molecule has 3 aromatic carbocycles. The molecule has 1 aliphatic heterocycles. The molecule has 7 nitrogen and oxygen atoms in total. The van der Waals surface area contributed by atoms with Crippen molar-refractivity contribution < 1.29 is 17.9 Å². The average Bonchev–Trinajstić information content (AvgIpc) is 2.90. The summed E-state index contributed by atoms with van der Waals surface area (Å²) in [6.07, 6.45) is 1.38. The molecule has 1 atom stereocenters. The van der Waals surface area contributed by atoms with Gasteiger partial charge in [-0.25, -0.2) is 13.1 Å². The molecule has 3 aromatic rings. The van der Waals surface area contributed by atoms with Crippen molar-refractivity contribution in [1.29, 1.82) is 0 Å². The van der Waals surface area contributed by atoms with Crippen LogP contribution in [0.5, 0.6) is 5.75 Å². The molecule has 0 aromatic heterocycles. The number of benzene rings is 3. The van der Waals surface area contributed by atoms with E-state index < -0.39 is 16.1 Å². The molecular formula is C30H37N3O4S. The normalized spacial score (nSPS) is 16.3. The van der Waals surface area contributed by atoms with Crippen LogP contribution >= 0.6 is 0 Å². The van der Waals surface area contributed by atoms with Gasteiger partial charge in [0.1, 0.15) is 5.75 Å². The third kappa shape index (κ3) is 6.19. The zero-order chi connectivity index (χ0) is 27.5. The second-order valence-corrected chi connectivity index (χ2v) is 12.1. The topological polar surface area (TPSA) is 87.7 Å². The Morgan fingerprint density at radius 2 is 1.68 bits per heavy atom. The first-order chi connectivity index (χ1) is 18.0. The summed E-state index contributed by atoms with van der Waals surface area (Å²) >= 11 is 0. The van der Waals surface area contributed by atoms with Crippen LogP contribution in [-0.2, 0) is 23.0 Å². The second kappa shape index (κ2) is 11.2. The van der Waals surface area contributed by atoms with E-state index in [0.29, 0.717) is 25.1 Å². The number of carbonyl (C=O) groups excluding carboxylic acids is 1. The van der Waals surface area contributed by atoms with Gasteiger partial charge in [0.2, 0.25) is 10.0 Å². The number of nitrogens with one attached hydrogen (secondary N) is 2. The van der Waals surface area contributed by atoms with Gasteiger partial charge in [0, 0.05) is 29.9 Å². The van der Waals surface area contributed by atoms with Crippen LogP contribution in [0.4, 0.5) is 5.69 Å². The van der Waals surface area contributed by atoms with Crippen LogP contribution in [0.25, 0.3) is 0 Å². The Morgan fingerprint density at radius 3 is 2.29 bits per heavy atom. The lowest BCUT2D eigenvalue weighted by Gasteiger charge is -2.39. The first-order valence-corrected chi connectivity index (χ1v) is 14.5. The number of hydrogen-bond acceptors (Lipinski definition) is 5. The molecule has 0 fully saturated rings. The maximum absolute atomic E-state index is 13.5. The van der Waals surface area contributed by atoms with E-state index in [2.05, 4.69) is 10.0 Å². The third-order valence-corrected chi connectivity index (χ3v) is 8.49. The molecule has 2 N–H and O–H groups in total. The Hall–Kier alpha value is -3.36. The highest BCUT2D eigenvalue weighted by Gasteiger charge is 2.35. The van der Waals surface area contributed by atoms with Gasteiger partial charge in [0.05, 0.1) is 18.0 Å². The van der Waals surface area contributed by atoms with Crippen LogP contribution in [0.1, 0.15) is 67.2 Å². The number of carbonyl (C=O) groups is 1. The fourth-order valence-electron chi connectivity index (χ4n) is 4.86. The summed E-state index contributed by atoms with van der Waals surface area (Å²) in [6, 6.07) is 19.7. The molecule has 38 heavy (non-hydrogen) atoms. The number of amides is 1. The van der Waals surface area contributed by atoms with Crippen molar-refractivity contribution in [2.75, 3.05) is 19.0 Å². The molecule has 1 heterocycles. The number of methoxy groups -OCH3 is 1. The molecule has 202 valence electrons. The van der Waals surface area contributed by atoms with Gasteiger partial charge in [-0.3, -0.25) is 4.79 Å². The number of hydrogen-bond donors (Lipinski definition) is 2. The summed E-state index contributed by atoms with van der Waals surface area (Å²) in [5, 5.41) is 3.50. The quantitative estimate of drug-likeness (QED) is 0.376. The van der Waals surface area contributed by atoms with Crippen molar-refractivity contribution in [3.05, 3.63) is 89.0 Å². The molecule has 0 radical (unpaired) electrons. The minimum atomic E-state index is -3.76. The van der Waals surface area contributed by atoms with Crippen LogP contribution in [0, 0.1) is 0 Å². The van der Waals surface area contributed by atoms with Gasteiger partial charge in [-0.2, -0.15) is 0 Å². The lowest BCUT2D eigenvalue weighted by atomic mass is 9.85. The molecule has 4 rings (SSSR count). The maximum Gasteiger partial charge on any atom is 0.254 e. The number of ether oxygens (including phenoxy) is 1. The third-order valence-electron chi connectivity index (χ3n) is 7.00. The van der Waals surface area contributed by atoms with Gasteiger partial charge < -0.3 is 15.0 Å². The van der Waals surface area contributed by atoms with Gasteiger partial charge >= 0.3 is 0 Å². The first-order valence-electron chi connectivity index (χ1n) is 13.0. The molecule has 1 amide bonds. The second-order valence-electron chi connectivity index (χ2n) is 10.4. The Kier molecular flexibility index (Phi) is 8.13. The van der Waals surface area contributed by atoms with Crippen molar-refractivity contribution >= 4 is 21.6 Å². The summed E-state index contributed by atoms with van der Waals surface area (Å²) < 4.78 is 34.8. The monoisotopic (exact) mass is 535 g/mol. The van der Waals surface area contributed by atoms with Crippen molar-refractivity contribution in [3.8, 4) is 5.75 Å². The van der Waals surface area contributed by atoms with E-state index in [-0.39, 0.29) is 16.3 Å². The van der Waals surface area contributed by atoms with Gasteiger partial charge in [-0.15, -0.1) is 0 Å². The molecule has 0 aliphatic carbocycles. The predicted molar refractivity (Wildman–Crippen MR) is 151 cm³/mol. The minimum Gasteiger partial charge on any atom is -0.497 e. The summed E-state index contributed by atoms with van der Waals surface area (Å²) in [4.78, 5) is 15.5. The lowest BCUT2D eigenvalue weighted by Crippen LogP contribution is -2.43. The molecule has 0 spiro atoms. The smallest absolute Gasteiger partial charge is 0.254 e. The maximum atomic E-state index is 13.5. The lowest BCUT2D eigenvalue weighted by molar-refractivity contribution is 0.0752. The van der Waals surface area contributed by atoms with Gasteiger partial charge in [0.15, 0.2) is 0 Å². The van der Waals surface area contributed by atoms with Crippen LogP contribution < -0.4 is 14.8 Å². The molecule has 0 saturated carbocycles. The van der Waals surface area contributed by atoms with E-state index in [1.54, 1.807) is 30.2 Å². The summed E-state index contributed by atoms with van der Waals surface area (Å²) in [7, 11) is -2.14. The van der Waals surface area contributed by atoms with E-state index >= 15 is 0 Å². The van der Waals surface area contributed by atoms with E-state index in [1.807, 2.05) is 76.2 Å². The molecule has 0 saturated heterocycles. The number of aryl methyl sites for hydroxylation is 1. The minimum absolute atomic E-state index is 0.104. The molecule has 0 bridgehead atoms.